The number of aromatic nitrogens is 2. The number of urea groups is 1. The van der Waals surface area contributed by atoms with Crippen molar-refractivity contribution >= 4 is 29.3 Å². The van der Waals surface area contributed by atoms with E-state index < -0.39 is 12.0 Å². The Kier molecular flexibility index (Phi) is 4.44. The summed E-state index contributed by atoms with van der Waals surface area (Å²) >= 11 is 5.75. The average molecular weight is 309 g/mol. The molecule has 1 aromatic heterocycles. The molecule has 8 heteroatoms. The lowest BCUT2D eigenvalue weighted by atomic mass is 10.2. The number of amides is 2. The molecule has 0 fully saturated rings. The lowest BCUT2D eigenvalue weighted by molar-refractivity contribution is 0.0697. The Labute approximate surface area is 125 Å². The van der Waals surface area contributed by atoms with Crippen LogP contribution in [0.25, 0.3) is 0 Å². The molecule has 0 saturated heterocycles. The third kappa shape index (κ3) is 3.96. The highest BCUT2D eigenvalue weighted by molar-refractivity contribution is 6.33. The van der Waals surface area contributed by atoms with Gasteiger partial charge < -0.3 is 15.7 Å². The number of benzene rings is 1. The Hall–Kier alpha value is -2.54. The molecule has 2 aromatic rings. The highest BCUT2D eigenvalue weighted by Gasteiger charge is 2.10. The second-order valence-electron chi connectivity index (χ2n) is 4.29. The number of nitrogens with one attached hydrogen (secondary N) is 2. The van der Waals surface area contributed by atoms with Crippen molar-refractivity contribution in [2.45, 2.75) is 6.54 Å². The zero-order valence-corrected chi connectivity index (χ0v) is 11.9. The summed E-state index contributed by atoms with van der Waals surface area (Å²) in [6.07, 6.45) is 1.77. The van der Waals surface area contributed by atoms with Gasteiger partial charge in [-0.25, -0.2) is 9.59 Å². The summed E-state index contributed by atoms with van der Waals surface area (Å²) in [5.74, 6) is -1.16. The van der Waals surface area contributed by atoms with Gasteiger partial charge in [0.15, 0.2) is 0 Å². The maximum absolute atomic E-state index is 11.7. The van der Waals surface area contributed by atoms with E-state index in [0.717, 1.165) is 5.69 Å². The summed E-state index contributed by atoms with van der Waals surface area (Å²) in [5, 5.41) is 18.3. The first-order chi connectivity index (χ1) is 9.95. The third-order valence-electron chi connectivity index (χ3n) is 2.65. The van der Waals surface area contributed by atoms with E-state index in [1.165, 1.54) is 18.2 Å². The molecule has 1 heterocycles. The number of aryl methyl sites for hydroxylation is 1. The summed E-state index contributed by atoms with van der Waals surface area (Å²) in [6, 6.07) is 5.56. The number of hydrogen-bond donors (Lipinski definition) is 3. The lowest BCUT2D eigenvalue weighted by Crippen LogP contribution is -2.28. The van der Waals surface area contributed by atoms with Crippen LogP contribution in [-0.4, -0.2) is 26.9 Å². The predicted molar refractivity (Wildman–Crippen MR) is 77.5 cm³/mol. The number of carbonyl (C=O) groups is 2. The smallest absolute Gasteiger partial charge is 0.337 e. The first-order valence-electron chi connectivity index (χ1n) is 6.02. The zero-order chi connectivity index (χ0) is 15.4. The fourth-order valence-electron chi connectivity index (χ4n) is 1.67. The van der Waals surface area contributed by atoms with Gasteiger partial charge in [-0.15, -0.1) is 0 Å². The molecular formula is C13H13ClN4O3. The summed E-state index contributed by atoms with van der Waals surface area (Å²) < 4.78 is 1.63. The van der Waals surface area contributed by atoms with Gasteiger partial charge in [-0.05, 0) is 24.3 Å². The lowest BCUT2D eigenvalue weighted by Gasteiger charge is -2.08. The molecular weight excluding hydrogens is 296 g/mol. The molecule has 0 aliphatic heterocycles. The van der Waals surface area contributed by atoms with Crippen molar-refractivity contribution in [2.75, 3.05) is 5.32 Å². The highest BCUT2D eigenvalue weighted by Crippen LogP contribution is 2.20. The number of carbonyl (C=O) groups excluding carboxylic acids is 1. The first-order valence-corrected chi connectivity index (χ1v) is 6.39. The fourth-order valence-corrected chi connectivity index (χ4v) is 1.87. The van der Waals surface area contributed by atoms with E-state index in [1.54, 1.807) is 24.0 Å². The number of rotatable bonds is 4. The van der Waals surface area contributed by atoms with E-state index in [1.807, 2.05) is 0 Å². The molecule has 21 heavy (non-hydrogen) atoms. The van der Waals surface area contributed by atoms with Gasteiger partial charge in [0.2, 0.25) is 0 Å². The quantitative estimate of drug-likeness (QED) is 0.805. The van der Waals surface area contributed by atoms with Crippen LogP contribution >= 0.6 is 11.6 Å². The van der Waals surface area contributed by atoms with Gasteiger partial charge in [-0.3, -0.25) is 4.68 Å². The van der Waals surface area contributed by atoms with Crippen molar-refractivity contribution in [3.05, 3.63) is 46.7 Å². The van der Waals surface area contributed by atoms with E-state index in [0.29, 0.717) is 5.69 Å². The van der Waals surface area contributed by atoms with Crippen LogP contribution in [0.15, 0.2) is 30.5 Å². The molecule has 2 rings (SSSR count). The van der Waals surface area contributed by atoms with Gasteiger partial charge in [0.1, 0.15) is 0 Å². The Morgan fingerprint density at radius 3 is 2.76 bits per heavy atom. The fraction of sp³-hybridized carbons (Fsp3) is 0.154. The summed E-state index contributed by atoms with van der Waals surface area (Å²) in [6.45, 7) is 0.270. The predicted octanol–water partition coefficient (Wildman–Crippen LogP) is 2.09. The van der Waals surface area contributed by atoms with Crippen molar-refractivity contribution in [2.24, 2.45) is 7.05 Å². The number of carboxylic acid groups (broad SMARTS) is 1. The van der Waals surface area contributed by atoms with Gasteiger partial charge in [0.05, 0.1) is 22.8 Å². The molecule has 1 aromatic carbocycles. The molecule has 110 valence electrons. The normalized spacial score (nSPS) is 10.2. The number of nitrogens with zero attached hydrogens (tertiary/aromatic N) is 2. The summed E-state index contributed by atoms with van der Waals surface area (Å²) in [4.78, 5) is 22.7. The van der Waals surface area contributed by atoms with Crippen molar-refractivity contribution in [3.8, 4) is 0 Å². The third-order valence-corrected chi connectivity index (χ3v) is 2.98. The van der Waals surface area contributed by atoms with Crippen LogP contribution in [0.4, 0.5) is 10.5 Å². The van der Waals surface area contributed by atoms with Crippen LogP contribution in [0.5, 0.6) is 0 Å². The van der Waals surface area contributed by atoms with E-state index in [4.69, 9.17) is 16.7 Å². The molecule has 7 nitrogen and oxygen atoms in total. The number of aromatic carboxylic acids is 1. The SMILES string of the molecule is Cn1ccc(CNC(=O)Nc2ccc(Cl)c(C(=O)O)c2)n1. The minimum absolute atomic E-state index is 0.0702. The topological polar surface area (TPSA) is 96.2 Å². The molecule has 0 aliphatic carbocycles. The molecule has 3 N–H and O–H groups in total. The molecule has 2 amide bonds. The van der Waals surface area contributed by atoms with Crippen LogP contribution in [0.1, 0.15) is 16.1 Å². The standard InChI is InChI=1S/C13H13ClN4O3/c1-18-5-4-9(17-18)7-15-13(21)16-8-2-3-11(14)10(6-8)12(19)20/h2-6H,7H2,1H3,(H,19,20)(H2,15,16,21). The van der Waals surface area contributed by atoms with Crippen molar-refractivity contribution in [1.82, 2.24) is 15.1 Å². The Morgan fingerprint density at radius 1 is 1.38 bits per heavy atom. The van der Waals surface area contributed by atoms with Gasteiger partial charge in [-0.2, -0.15) is 5.10 Å². The summed E-state index contributed by atoms with van der Waals surface area (Å²) in [7, 11) is 1.78. The van der Waals surface area contributed by atoms with Crippen molar-refractivity contribution < 1.29 is 14.7 Å². The zero-order valence-electron chi connectivity index (χ0n) is 11.1. The van der Waals surface area contributed by atoms with Crippen LogP contribution in [0.2, 0.25) is 5.02 Å². The van der Waals surface area contributed by atoms with Gasteiger partial charge in [-0.1, -0.05) is 11.6 Å². The highest BCUT2D eigenvalue weighted by atomic mass is 35.5. The summed E-state index contributed by atoms with van der Waals surface area (Å²) in [5.41, 5.74) is 0.990. The Bertz CT molecular complexity index is 684. The van der Waals surface area contributed by atoms with Crippen LogP contribution in [0.3, 0.4) is 0 Å². The van der Waals surface area contributed by atoms with Crippen molar-refractivity contribution in [3.63, 3.8) is 0 Å². The molecule has 0 bridgehead atoms. The molecule has 0 radical (unpaired) electrons. The minimum atomic E-state index is -1.16. The number of hydrogen-bond acceptors (Lipinski definition) is 3. The van der Waals surface area contributed by atoms with Crippen LogP contribution < -0.4 is 10.6 Å². The minimum Gasteiger partial charge on any atom is -0.478 e. The molecule has 0 atom stereocenters. The second kappa shape index (κ2) is 6.27. The van der Waals surface area contributed by atoms with E-state index >= 15 is 0 Å². The number of anilines is 1. The second-order valence-corrected chi connectivity index (χ2v) is 4.70. The molecule has 0 saturated carbocycles. The maximum Gasteiger partial charge on any atom is 0.337 e. The average Bonchev–Trinajstić information content (AvgIpc) is 2.84. The monoisotopic (exact) mass is 308 g/mol. The largest absolute Gasteiger partial charge is 0.478 e. The maximum atomic E-state index is 11.7. The Morgan fingerprint density at radius 2 is 2.14 bits per heavy atom. The van der Waals surface area contributed by atoms with Crippen LogP contribution in [0, 0.1) is 0 Å². The number of carboxylic acids is 1. The van der Waals surface area contributed by atoms with E-state index in [2.05, 4.69) is 15.7 Å². The van der Waals surface area contributed by atoms with E-state index in [9.17, 15) is 9.59 Å². The Balaban J connectivity index is 1.96. The van der Waals surface area contributed by atoms with Gasteiger partial charge >= 0.3 is 12.0 Å². The van der Waals surface area contributed by atoms with Crippen molar-refractivity contribution in [1.29, 1.82) is 0 Å². The molecule has 0 unspecified atom stereocenters. The molecule has 0 spiro atoms. The van der Waals surface area contributed by atoms with Gasteiger partial charge in [0.25, 0.3) is 0 Å². The number of halogens is 1. The molecule has 0 aliphatic rings. The van der Waals surface area contributed by atoms with Gasteiger partial charge in [0, 0.05) is 18.9 Å². The van der Waals surface area contributed by atoms with E-state index in [-0.39, 0.29) is 17.1 Å². The van der Waals surface area contributed by atoms with Crippen LogP contribution in [-0.2, 0) is 13.6 Å². The first kappa shape index (κ1) is 14.9.